The lowest BCUT2D eigenvalue weighted by atomic mass is 10.0. The van der Waals surface area contributed by atoms with E-state index in [0.29, 0.717) is 5.56 Å². The van der Waals surface area contributed by atoms with E-state index in [1.54, 1.807) is 30.0 Å². The van der Waals surface area contributed by atoms with E-state index in [2.05, 4.69) is 0 Å². The van der Waals surface area contributed by atoms with Gasteiger partial charge in [0.25, 0.3) is 0 Å². The summed E-state index contributed by atoms with van der Waals surface area (Å²) in [5.74, 6) is -0.205. The van der Waals surface area contributed by atoms with Crippen molar-refractivity contribution in [2.24, 2.45) is 0 Å². The molecule has 20 heavy (non-hydrogen) atoms. The topological polar surface area (TPSA) is 29.5 Å². The molecule has 0 spiro atoms. The van der Waals surface area contributed by atoms with Crippen LogP contribution in [0.25, 0.3) is 0 Å². The van der Waals surface area contributed by atoms with Crippen LogP contribution in [0.2, 0.25) is 0 Å². The Kier molecular flexibility index (Phi) is 5.04. The summed E-state index contributed by atoms with van der Waals surface area (Å²) in [6.07, 6.45) is 1.44. The molecule has 0 bridgehead atoms. The Hall–Kier alpha value is -1.52. The van der Waals surface area contributed by atoms with Crippen LogP contribution in [0.3, 0.4) is 0 Å². The Morgan fingerprint density at radius 2 is 1.95 bits per heavy atom. The van der Waals surface area contributed by atoms with Gasteiger partial charge in [-0.05, 0) is 29.5 Å². The van der Waals surface area contributed by atoms with Crippen LogP contribution in [0.15, 0.2) is 47.4 Å². The molecule has 0 amide bonds. The normalized spacial score (nSPS) is 12.2. The van der Waals surface area contributed by atoms with Gasteiger partial charge in [0.2, 0.25) is 0 Å². The SMILES string of the molecule is COc1cccc(CC(O)c2ccccc2SC)c1F. The van der Waals surface area contributed by atoms with Gasteiger partial charge >= 0.3 is 0 Å². The van der Waals surface area contributed by atoms with Gasteiger partial charge in [0, 0.05) is 11.3 Å². The van der Waals surface area contributed by atoms with Crippen molar-refractivity contribution in [2.45, 2.75) is 17.4 Å². The van der Waals surface area contributed by atoms with Crippen molar-refractivity contribution in [3.8, 4) is 5.75 Å². The number of halogens is 1. The summed E-state index contributed by atoms with van der Waals surface area (Å²) in [4.78, 5) is 1.00. The molecule has 0 heterocycles. The van der Waals surface area contributed by atoms with Gasteiger partial charge in [0.05, 0.1) is 13.2 Å². The number of rotatable bonds is 5. The monoisotopic (exact) mass is 292 g/mol. The lowest BCUT2D eigenvalue weighted by Gasteiger charge is -2.15. The third kappa shape index (κ3) is 3.14. The zero-order valence-corrected chi connectivity index (χ0v) is 12.3. The first-order chi connectivity index (χ1) is 9.67. The summed E-state index contributed by atoms with van der Waals surface area (Å²) < 4.78 is 19.0. The quantitative estimate of drug-likeness (QED) is 0.849. The lowest BCUT2D eigenvalue weighted by molar-refractivity contribution is 0.174. The van der Waals surface area contributed by atoms with Crippen LogP contribution in [0, 0.1) is 5.82 Å². The fraction of sp³-hybridized carbons (Fsp3) is 0.250. The Labute approximate surface area is 122 Å². The van der Waals surface area contributed by atoms with Crippen LogP contribution in [-0.4, -0.2) is 18.5 Å². The maximum atomic E-state index is 14.1. The van der Waals surface area contributed by atoms with Crippen molar-refractivity contribution in [1.82, 2.24) is 0 Å². The van der Waals surface area contributed by atoms with E-state index in [0.717, 1.165) is 10.5 Å². The summed E-state index contributed by atoms with van der Waals surface area (Å²) in [6.45, 7) is 0. The van der Waals surface area contributed by atoms with E-state index in [9.17, 15) is 9.50 Å². The summed E-state index contributed by atoms with van der Waals surface area (Å²) in [5, 5.41) is 10.4. The van der Waals surface area contributed by atoms with E-state index in [-0.39, 0.29) is 12.2 Å². The lowest BCUT2D eigenvalue weighted by Crippen LogP contribution is -2.05. The zero-order valence-electron chi connectivity index (χ0n) is 11.5. The molecular weight excluding hydrogens is 275 g/mol. The highest BCUT2D eigenvalue weighted by atomic mass is 32.2. The molecule has 0 saturated heterocycles. The molecule has 0 aliphatic heterocycles. The van der Waals surface area contributed by atoms with Crippen molar-refractivity contribution in [1.29, 1.82) is 0 Å². The highest BCUT2D eigenvalue weighted by Gasteiger charge is 2.16. The van der Waals surface area contributed by atoms with Crippen molar-refractivity contribution in [3.05, 3.63) is 59.4 Å². The maximum Gasteiger partial charge on any atom is 0.168 e. The molecule has 0 aliphatic carbocycles. The van der Waals surface area contributed by atoms with Gasteiger partial charge in [0.1, 0.15) is 0 Å². The molecular formula is C16H17FO2S. The van der Waals surface area contributed by atoms with Crippen LogP contribution in [0.5, 0.6) is 5.75 Å². The van der Waals surface area contributed by atoms with E-state index >= 15 is 0 Å². The number of aliphatic hydroxyl groups is 1. The predicted molar refractivity (Wildman–Crippen MR) is 79.8 cm³/mol. The Morgan fingerprint density at radius 1 is 1.20 bits per heavy atom. The number of hydrogen-bond acceptors (Lipinski definition) is 3. The molecule has 1 atom stereocenters. The number of hydrogen-bond donors (Lipinski definition) is 1. The molecule has 2 aromatic rings. The number of ether oxygens (including phenoxy) is 1. The molecule has 0 saturated carbocycles. The minimum absolute atomic E-state index is 0.202. The maximum absolute atomic E-state index is 14.1. The van der Waals surface area contributed by atoms with Gasteiger partial charge in [0.15, 0.2) is 11.6 Å². The van der Waals surface area contributed by atoms with Crippen molar-refractivity contribution in [2.75, 3.05) is 13.4 Å². The van der Waals surface area contributed by atoms with Gasteiger partial charge in [-0.2, -0.15) is 0 Å². The first kappa shape index (κ1) is 14.9. The van der Waals surface area contributed by atoms with Gasteiger partial charge in [-0.1, -0.05) is 30.3 Å². The molecule has 2 aromatic carbocycles. The Balaban J connectivity index is 2.26. The minimum Gasteiger partial charge on any atom is -0.494 e. The number of methoxy groups -OCH3 is 1. The first-order valence-electron chi connectivity index (χ1n) is 6.29. The minimum atomic E-state index is -0.736. The Morgan fingerprint density at radius 3 is 2.65 bits per heavy atom. The molecule has 2 rings (SSSR count). The second kappa shape index (κ2) is 6.77. The van der Waals surface area contributed by atoms with Gasteiger partial charge < -0.3 is 9.84 Å². The summed E-state index contributed by atoms with van der Waals surface area (Å²) >= 11 is 1.57. The molecule has 1 unspecified atom stereocenters. The second-order valence-electron chi connectivity index (χ2n) is 4.40. The average Bonchev–Trinajstić information content (AvgIpc) is 2.49. The highest BCUT2D eigenvalue weighted by molar-refractivity contribution is 7.98. The summed E-state index contributed by atoms with van der Waals surface area (Å²) in [6, 6.07) is 12.6. The van der Waals surface area contributed by atoms with Crippen molar-refractivity contribution in [3.63, 3.8) is 0 Å². The predicted octanol–water partition coefficient (Wildman–Crippen LogP) is 3.83. The number of benzene rings is 2. The standard InChI is InChI=1S/C16H17FO2S/c1-19-14-8-5-6-11(16(14)17)10-13(18)12-7-3-4-9-15(12)20-2/h3-9,13,18H,10H2,1-2H3. The van der Waals surface area contributed by atoms with Crippen LogP contribution < -0.4 is 4.74 Å². The third-order valence-corrected chi connectivity index (χ3v) is 3.99. The van der Waals surface area contributed by atoms with Gasteiger partial charge in [-0.25, -0.2) is 4.39 Å². The molecule has 0 radical (unpaired) electrons. The van der Waals surface area contributed by atoms with Crippen LogP contribution >= 0.6 is 11.8 Å². The number of thioether (sulfide) groups is 1. The summed E-state index contributed by atoms with van der Waals surface area (Å²) in [5.41, 5.74) is 1.27. The molecule has 2 nitrogen and oxygen atoms in total. The smallest absolute Gasteiger partial charge is 0.168 e. The molecule has 0 fully saturated rings. The van der Waals surface area contributed by atoms with Crippen LogP contribution in [0.1, 0.15) is 17.2 Å². The fourth-order valence-electron chi connectivity index (χ4n) is 2.13. The van der Waals surface area contributed by atoms with E-state index in [4.69, 9.17) is 4.74 Å². The Bertz CT molecular complexity index is 586. The van der Waals surface area contributed by atoms with Crippen LogP contribution in [-0.2, 0) is 6.42 Å². The van der Waals surface area contributed by atoms with E-state index in [1.807, 2.05) is 30.5 Å². The molecule has 1 N–H and O–H groups in total. The second-order valence-corrected chi connectivity index (χ2v) is 5.24. The molecule has 106 valence electrons. The van der Waals surface area contributed by atoms with Gasteiger partial charge in [-0.3, -0.25) is 0 Å². The first-order valence-corrected chi connectivity index (χ1v) is 7.52. The average molecular weight is 292 g/mol. The molecule has 0 aromatic heterocycles. The largest absolute Gasteiger partial charge is 0.494 e. The van der Waals surface area contributed by atoms with Crippen molar-refractivity contribution >= 4 is 11.8 Å². The molecule has 4 heteroatoms. The van der Waals surface area contributed by atoms with Gasteiger partial charge in [-0.15, -0.1) is 11.8 Å². The molecule has 0 aliphatic rings. The summed E-state index contributed by atoms with van der Waals surface area (Å²) in [7, 11) is 1.43. The third-order valence-electron chi connectivity index (χ3n) is 3.17. The highest BCUT2D eigenvalue weighted by Crippen LogP contribution is 2.30. The van der Waals surface area contributed by atoms with E-state index < -0.39 is 11.9 Å². The zero-order chi connectivity index (χ0) is 14.5. The van der Waals surface area contributed by atoms with Crippen LogP contribution in [0.4, 0.5) is 4.39 Å². The number of aliphatic hydroxyl groups excluding tert-OH is 1. The van der Waals surface area contributed by atoms with E-state index in [1.165, 1.54) is 7.11 Å². The fourth-order valence-corrected chi connectivity index (χ4v) is 2.79. The van der Waals surface area contributed by atoms with Crippen molar-refractivity contribution < 1.29 is 14.2 Å².